The second-order valence-electron chi connectivity index (χ2n) is 8.26. The van der Waals surface area contributed by atoms with E-state index in [0.29, 0.717) is 22.0 Å². The fourth-order valence-corrected chi connectivity index (χ4v) is 4.72. The standard InChI is InChI=1S/C21H32Cl2N4O.2ClH/c1-25(2)21(28)24-17-6-3-5-16(15-17)9-10-26-11-13-27(14-12-26)19-8-4-7-18(22)20(19)23;;/h4,7-8,16-17H,3,5-6,9-15H2,1-2H3,(H,24,28);2*1H. The van der Waals surface area contributed by atoms with Crippen LogP contribution in [-0.4, -0.2) is 68.7 Å². The summed E-state index contributed by atoms with van der Waals surface area (Å²) in [6.45, 7) is 5.20. The Hall–Kier alpha value is -0.590. The van der Waals surface area contributed by atoms with E-state index in [1.165, 1.54) is 19.3 Å². The van der Waals surface area contributed by atoms with Gasteiger partial charge in [0.2, 0.25) is 0 Å². The predicted molar refractivity (Wildman–Crippen MR) is 132 cm³/mol. The molecule has 1 aliphatic carbocycles. The van der Waals surface area contributed by atoms with Gasteiger partial charge in [0.15, 0.2) is 0 Å². The highest BCUT2D eigenvalue weighted by atomic mass is 35.5. The largest absolute Gasteiger partial charge is 0.368 e. The Balaban J connectivity index is 0.00000225. The van der Waals surface area contributed by atoms with Crippen molar-refractivity contribution in [3.05, 3.63) is 28.2 Å². The first kappa shape index (κ1) is 27.4. The number of hydrogen-bond acceptors (Lipinski definition) is 3. The van der Waals surface area contributed by atoms with Gasteiger partial charge in [0.25, 0.3) is 0 Å². The van der Waals surface area contributed by atoms with Gasteiger partial charge in [-0.1, -0.05) is 42.1 Å². The maximum atomic E-state index is 11.9. The maximum absolute atomic E-state index is 11.9. The SMILES string of the molecule is CN(C)C(=O)NC1CCCC(CCN2CCN(c3cccc(Cl)c3Cl)CC2)C1.Cl.Cl. The van der Waals surface area contributed by atoms with E-state index < -0.39 is 0 Å². The summed E-state index contributed by atoms with van der Waals surface area (Å²) in [7, 11) is 3.59. The first-order valence-corrected chi connectivity index (χ1v) is 11.1. The van der Waals surface area contributed by atoms with Crippen LogP contribution in [0.4, 0.5) is 10.5 Å². The monoisotopic (exact) mass is 498 g/mol. The van der Waals surface area contributed by atoms with Crippen LogP contribution in [0.3, 0.4) is 0 Å². The Morgan fingerprint density at radius 2 is 1.83 bits per heavy atom. The topological polar surface area (TPSA) is 38.8 Å². The third-order valence-electron chi connectivity index (χ3n) is 6.01. The van der Waals surface area contributed by atoms with Crippen LogP contribution in [0.1, 0.15) is 32.1 Å². The molecule has 0 aromatic heterocycles. The lowest BCUT2D eigenvalue weighted by atomic mass is 9.83. The van der Waals surface area contributed by atoms with Crippen LogP contribution in [0.25, 0.3) is 0 Å². The molecule has 2 fully saturated rings. The maximum Gasteiger partial charge on any atom is 0.317 e. The second kappa shape index (κ2) is 13.1. The number of nitrogens with one attached hydrogen (secondary N) is 1. The number of benzene rings is 1. The normalized spacial score (nSPS) is 21.9. The molecule has 0 bridgehead atoms. The predicted octanol–water partition coefficient (Wildman–Crippen LogP) is 5.18. The molecule has 1 heterocycles. The van der Waals surface area contributed by atoms with Crippen LogP contribution in [0.2, 0.25) is 10.0 Å². The molecule has 0 spiro atoms. The van der Waals surface area contributed by atoms with Crippen LogP contribution >= 0.6 is 48.0 Å². The van der Waals surface area contributed by atoms with Gasteiger partial charge in [0.05, 0.1) is 15.7 Å². The van der Waals surface area contributed by atoms with Crippen molar-refractivity contribution < 1.29 is 4.79 Å². The first-order chi connectivity index (χ1) is 13.4. The molecular formula is C21H34Cl4N4O. The third-order valence-corrected chi connectivity index (χ3v) is 6.82. The number of halogens is 4. The van der Waals surface area contributed by atoms with E-state index in [9.17, 15) is 4.79 Å². The van der Waals surface area contributed by atoms with Crippen LogP contribution in [0.5, 0.6) is 0 Å². The number of piperazine rings is 1. The van der Waals surface area contributed by atoms with E-state index in [-0.39, 0.29) is 30.8 Å². The van der Waals surface area contributed by atoms with Crippen LogP contribution in [0.15, 0.2) is 18.2 Å². The Morgan fingerprint density at radius 1 is 1.13 bits per heavy atom. The summed E-state index contributed by atoms with van der Waals surface area (Å²) in [6, 6.07) is 6.21. The first-order valence-electron chi connectivity index (χ1n) is 10.3. The minimum atomic E-state index is 0. The van der Waals surface area contributed by atoms with Gasteiger partial charge in [0, 0.05) is 46.3 Å². The number of urea groups is 1. The van der Waals surface area contributed by atoms with Gasteiger partial charge in [-0.15, -0.1) is 24.8 Å². The molecule has 1 N–H and O–H groups in total. The lowest BCUT2D eigenvalue weighted by Gasteiger charge is -2.38. The third kappa shape index (κ3) is 7.52. The lowest BCUT2D eigenvalue weighted by molar-refractivity contribution is 0.191. The summed E-state index contributed by atoms with van der Waals surface area (Å²) in [5, 5.41) is 4.44. The van der Waals surface area contributed by atoms with Crippen molar-refractivity contribution in [1.82, 2.24) is 15.1 Å². The van der Waals surface area contributed by atoms with E-state index >= 15 is 0 Å². The zero-order valence-electron chi connectivity index (χ0n) is 17.8. The smallest absolute Gasteiger partial charge is 0.317 e. The van der Waals surface area contributed by atoms with Gasteiger partial charge in [-0.25, -0.2) is 4.79 Å². The summed E-state index contributed by atoms with van der Waals surface area (Å²) in [5.41, 5.74) is 1.04. The van der Waals surface area contributed by atoms with Gasteiger partial charge in [-0.3, -0.25) is 4.90 Å². The number of carbonyl (C=O) groups is 1. The average Bonchev–Trinajstić information content (AvgIpc) is 2.69. The van der Waals surface area contributed by atoms with Gasteiger partial charge in [0.1, 0.15) is 0 Å². The van der Waals surface area contributed by atoms with Crippen molar-refractivity contribution in [1.29, 1.82) is 0 Å². The molecule has 1 saturated carbocycles. The Kier molecular flexibility index (Phi) is 12.0. The summed E-state index contributed by atoms with van der Waals surface area (Å²) >= 11 is 12.5. The van der Waals surface area contributed by atoms with E-state index in [4.69, 9.17) is 23.2 Å². The molecular weight excluding hydrogens is 466 g/mol. The van der Waals surface area contributed by atoms with Gasteiger partial charge < -0.3 is 15.1 Å². The fraction of sp³-hybridized carbons (Fsp3) is 0.667. The highest BCUT2D eigenvalue weighted by molar-refractivity contribution is 6.43. The molecule has 5 nitrogen and oxygen atoms in total. The molecule has 30 heavy (non-hydrogen) atoms. The molecule has 2 aliphatic rings. The van der Waals surface area contributed by atoms with Gasteiger partial charge in [-0.05, 0) is 43.9 Å². The zero-order valence-corrected chi connectivity index (χ0v) is 20.9. The minimum Gasteiger partial charge on any atom is -0.368 e. The molecule has 0 radical (unpaired) electrons. The molecule has 3 rings (SSSR count). The number of nitrogens with zero attached hydrogens (tertiary/aromatic N) is 3. The highest BCUT2D eigenvalue weighted by Gasteiger charge is 2.25. The van der Waals surface area contributed by atoms with E-state index in [0.717, 1.165) is 51.3 Å². The second-order valence-corrected chi connectivity index (χ2v) is 9.05. The minimum absolute atomic E-state index is 0. The highest BCUT2D eigenvalue weighted by Crippen LogP contribution is 2.33. The van der Waals surface area contributed by atoms with Crippen molar-refractivity contribution in [3.8, 4) is 0 Å². The quantitative estimate of drug-likeness (QED) is 0.606. The summed E-state index contributed by atoms with van der Waals surface area (Å²) in [4.78, 5) is 18.4. The molecule has 1 aromatic rings. The molecule has 2 amide bonds. The molecule has 1 saturated heterocycles. The Labute approximate surface area is 203 Å². The summed E-state index contributed by atoms with van der Waals surface area (Å²) in [6.07, 6.45) is 5.93. The molecule has 1 aromatic carbocycles. The number of hydrogen-bond donors (Lipinski definition) is 1. The van der Waals surface area contributed by atoms with Crippen LogP contribution < -0.4 is 10.2 Å². The van der Waals surface area contributed by atoms with Gasteiger partial charge in [-0.2, -0.15) is 0 Å². The number of amides is 2. The summed E-state index contributed by atoms with van der Waals surface area (Å²) < 4.78 is 0. The number of carbonyl (C=O) groups excluding carboxylic acids is 1. The summed E-state index contributed by atoms with van der Waals surface area (Å²) in [5.74, 6) is 0.710. The Morgan fingerprint density at radius 3 is 2.50 bits per heavy atom. The Bertz CT molecular complexity index is 668. The van der Waals surface area contributed by atoms with E-state index in [1.54, 1.807) is 19.0 Å². The molecule has 1 aliphatic heterocycles. The lowest BCUT2D eigenvalue weighted by Crippen LogP contribution is -2.47. The van der Waals surface area contributed by atoms with Crippen molar-refractivity contribution in [3.63, 3.8) is 0 Å². The molecule has 172 valence electrons. The molecule has 9 heteroatoms. The number of rotatable bonds is 5. The van der Waals surface area contributed by atoms with Crippen LogP contribution in [-0.2, 0) is 0 Å². The van der Waals surface area contributed by atoms with E-state index in [2.05, 4.69) is 15.1 Å². The van der Waals surface area contributed by atoms with Crippen molar-refractivity contribution >= 4 is 59.7 Å². The van der Waals surface area contributed by atoms with Crippen LogP contribution in [0, 0.1) is 5.92 Å². The zero-order chi connectivity index (χ0) is 20.1. The average molecular weight is 500 g/mol. The van der Waals surface area contributed by atoms with Crippen molar-refractivity contribution in [2.75, 3.05) is 51.7 Å². The molecule has 2 unspecified atom stereocenters. The number of anilines is 1. The van der Waals surface area contributed by atoms with Gasteiger partial charge >= 0.3 is 6.03 Å². The molecule has 2 atom stereocenters. The van der Waals surface area contributed by atoms with Crippen molar-refractivity contribution in [2.45, 2.75) is 38.1 Å². The fourth-order valence-electron chi connectivity index (χ4n) is 4.30. The van der Waals surface area contributed by atoms with Crippen molar-refractivity contribution in [2.24, 2.45) is 5.92 Å². The van der Waals surface area contributed by atoms with E-state index in [1.807, 2.05) is 18.2 Å².